The van der Waals surface area contributed by atoms with Crippen molar-refractivity contribution in [1.82, 2.24) is 21.3 Å². The van der Waals surface area contributed by atoms with E-state index in [1.54, 1.807) is 0 Å². The molecule has 0 aliphatic carbocycles. The smallest absolute Gasteiger partial charge is 0.225 e. The van der Waals surface area contributed by atoms with Crippen molar-refractivity contribution < 1.29 is 90.7 Å². The molecule has 1 unspecified atom stereocenters. The van der Waals surface area contributed by atoms with Crippen LogP contribution in [0.4, 0.5) is 0 Å². The SMILES string of the molecule is [2H]COCC(CC(=O)CNC(=O)CC(C)(C)C)C(=O)NCCOCCC(=O)C[C@@H](CCC(=O)NC[C@H](O)[C@@H](O)[C@H](O)[C@H](O)CO)C(=O)NC[C@H](O)[C@@H](O)[C@H](O)[C@H](O)CO. The van der Waals surface area contributed by atoms with E-state index >= 15 is 0 Å². The molecular weight excluding hydrogens is 776 g/mol. The maximum atomic E-state index is 13.1. The molecule has 338 valence electrons. The van der Waals surface area contributed by atoms with Crippen molar-refractivity contribution in [3.05, 3.63) is 0 Å². The minimum absolute atomic E-state index is 0.0358. The number of carbonyl (C=O) groups is 6. The molecule has 14 N–H and O–H groups in total. The fraction of sp³-hybridized carbons (Fsp3) is 0.833. The molecule has 0 aliphatic rings. The highest BCUT2D eigenvalue weighted by Gasteiger charge is 2.32. The highest BCUT2D eigenvalue weighted by atomic mass is 16.5. The second kappa shape index (κ2) is 29.0. The molecule has 0 bridgehead atoms. The number of amides is 4. The van der Waals surface area contributed by atoms with Crippen LogP contribution in [0.25, 0.3) is 0 Å². The number of methoxy groups -OCH3 is 1. The van der Waals surface area contributed by atoms with E-state index in [2.05, 4.69) is 21.3 Å². The van der Waals surface area contributed by atoms with Gasteiger partial charge in [0, 0.05) is 64.7 Å². The highest BCUT2D eigenvalue weighted by molar-refractivity contribution is 5.90. The molecule has 0 radical (unpaired) electrons. The number of carbonyl (C=O) groups excluding carboxylic acids is 6. The number of aliphatic hydroxyl groups excluding tert-OH is 10. The van der Waals surface area contributed by atoms with Crippen molar-refractivity contribution in [2.24, 2.45) is 17.3 Å². The number of hydrogen-bond acceptors (Lipinski definition) is 18. The maximum Gasteiger partial charge on any atom is 0.225 e. The normalized spacial score (nSPS) is 17.2. The molecule has 0 spiro atoms. The molecule has 10 atom stereocenters. The van der Waals surface area contributed by atoms with Crippen molar-refractivity contribution >= 4 is 35.2 Å². The first-order valence-corrected chi connectivity index (χ1v) is 18.8. The molecule has 4 amide bonds. The Hall–Kier alpha value is -3.26. The summed E-state index contributed by atoms with van der Waals surface area (Å²) in [5.74, 6) is -5.58. The van der Waals surface area contributed by atoms with Gasteiger partial charge in [0.15, 0.2) is 5.78 Å². The zero-order chi connectivity index (χ0) is 45.3. The molecule has 0 saturated carbocycles. The third-order valence-electron chi connectivity index (χ3n) is 8.62. The predicted molar refractivity (Wildman–Crippen MR) is 201 cm³/mol. The molecule has 0 aliphatic heterocycles. The van der Waals surface area contributed by atoms with Gasteiger partial charge in [0.2, 0.25) is 23.6 Å². The summed E-state index contributed by atoms with van der Waals surface area (Å²) in [6.45, 7) is 1.71. The van der Waals surface area contributed by atoms with Crippen molar-refractivity contribution in [3.8, 4) is 0 Å². The summed E-state index contributed by atoms with van der Waals surface area (Å²) in [6, 6.07) is 0. The van der Waals surface area contributed by atoms with Crippen LogP contribution in [-0.4, -0.2) is 201 Å². The molecule has 0 rings (SSSR count). The van der Waals surface area contributed by atoms with E-state index < -0.39 is 136 Å². The summed E-state index contributed by atoms with van der Waals surface area (Å²) in [5, 5.41) is 106. The highest BCUT2D eigenvalue weighted by Crippen LogP contribution is 2.18. The zero-order valence-corrected chi connectivity index (χ0v) is 33.3. The van der Waals surface area contributed by atoms with Crippen molar-refractivity contribution in [2.75, 3.05) is 66.3 Å². The Bertz CT molecular complexity index is 1280. The molecule has 0 aromatic rings. The average Bonchev–Trinajstić information content (AvgIpc) is 3.19. The van der Waals surface area contributed by atoms with Gasteiger partial charge in [-0.2, -0.15) is 0 Å². The van der Waals surface area contributed by atoms with Crippen molar-refractivity contribution in [1.29, 1.82) is 0 Å². The van der Waals surface area contributed by atoms with Gasteiger partial charge < -0.3 is 81.8 Å². The third kappa shape index (κ3) is 23.4. The van der Waals surface area contributed by atoms with Gasteiger partial charge in [-0.25, -0.2) is 0 Å². The Morgan fingerprint density at radius 3 is 1.67 bits per heavy atom. The summed E-state index contributed by atoms with van der Waals surface area (Å²) in [6.07, 6.45) is -16.4. The largest absolute Gasteiger partial charge is 0.394 e. The fourth-order valence-corrected chi connectivity index (χ4v) is 5.17. The Morgan fingerprint density at radius 2 is 1.14 bits per heavy atom. The monoisotopic (exact) mass is 843 g/mol. The summed E-state index contributed by atoms with van der Waals surface area (Å²) >= 11 is 0. The molecule has 0 heterocycles. The summed E-state index contributed by atoms with van der Waals surface area (Å²) in [4.78, 5) is 75.7. The Labute approximate surface area is 338 Å². The Balaban J connectivity index is 5.21. The number of nitrogens with one attached hydrogen (secondary N) is 4. The number of Topliss-reactive ketones (excluding diaryl/α,β-unsaturated/α-hetero) is 2. The number of ketones is 2. The van der Waals surface area contributed by atoms with Gasteiger partial charge in [-0.05, 0) is 11.8 Å². The van der Waals surface area contributed by atoms with Crippen LogP contribution in [0.1, 0.15) is 60.7 Å². The first kappa shape index (κ1) is 52.8. The molecule has 0 aromatic heterocycles. The Morgan fingerprint density at radius 1 is 0.621 bits per heavy atom. The lowest BCUT2D eigenvalue weighted by molar-refractivity contribution is -0.133. The maximum absolute atomic E-state index is 13.1. The minimum atomic E-state index is -1.99. The van der Waals surface area contributed by atoms with Crippen LogP contribution in [0.5, 0.6) is 0 Å². The van der Waals surface area contributed by atoms with E-state index in [0.717, 1.165) is 0 Å². The van der Waals surface area contributed by atoms with E-state index in [4.69, 9.17) is 21.1 Å². The van der Waals surface area contributed by atoms with Gasteiger partial charge in [-0.1, -0.05) is 20.8 Å². The van der Waals surface area contributed by atoms with Crippen LogP contribution in [0.15, 0.2) is 0 Å². The minimum Gasteiger partial charge on any atom is -0.394 e. The summed E-state index contributed by atoms with van der Waals surface area (Å²) < 4.78 is 17.6. The summed E-state index contributed by atoms with van der Waals surface area (Å²) in [7, 11) is -0.446. The lowest BCUT2D eigenvalue weighted by Crippen LogP contribution is -2.50. The lowest BCUT2D eigenvalue weighted by atomic mass is 9.92. The first-order valence-electron chi connectivity index (χ1n) is 19.5. The van der Waals surface area contributed by atoms with Crippen molar-refractivity contribution in [3.63, 3.8) is 0 Å². The number of hydrogen-bond donors (Lipinski definition) is 14. The first-order chi connectivity index (χ1) is 27.6. The molecule has 58 heavy (non-hydrogen) atoms. The predicted octanol–water partition coefficient (Wildman–Crippen LogP) is -6.26. The van der Waals surface area contributed by atoms with Gasteiger partial charge in [0.1, 0.15) is 42.4 Å². The Kier molecular flexibility index (Phi) is 26.4. The van der Waals surface area contributed by atoms with E-state index in [9.17, 15) is 69.6 Å². The van der Waals surface area contributed by atoms with Crippen molar-refractivity contribution in [2.45, 2.75) is 108 Å². The van der Waals surface area contributed by atoms with Gasteiger partial charge >= 0.3 is 0 Å². The number of aliphatic hydroxyl groups is 10. The van der Waals surface area contributed by atoms with E-state index in [0.29, 0.717) is 0 Å². The quantitative estimate of drug-likeness (QED) is 0.0280. The van der Waals surface area contributed by atoms with E-state index in [1.165, 1.54) is 0 Å². The number of rotatable bonds is 32. The van der Waals surface area contributed by atoms with Crippen LogP contribution < -0.4 is 21.3 Å². The van der Waals surface area contributed by atoms with Crippen LogP contribution in [-0.2, 0) is 38.2 Å². The molecule has 22 nitrogen and oxygen atoms in total. The van der Waals surface area contributed by atoms with Crippen LogP contribution >= 0.6 is 0 Å². The third-order valence-corrected chi connectivity index (χ3v) is 8.62. The molecule has 0 fully saturated rings. The molecule has 22 heteroatoms. The second-order valence-corrected chi connectivity index (χ2v) is 15.1. The van der Waals surface area contributed by atoms with Crippen LogP contribution in [0.3, 0.4) is 0 Å². The lowest BCUT2D eigenvalue weighted by Gasteiger charge is -2.26. The topological polar surface area (TPSA) is 371 Å². The van der Waals surface area contributed by atoms with Crippen LogP contribution in [0, 0.1) is 17.3 Å². The zero-order valence-electron chi connectivity index (χ0n) is 34.3. The summed E-state index contributed by atoms with van der Waals surface area (Å²) in [5.41, 5.74) is -0.285. The van der Waals surface area contributed by atoms with E-state index in [-0.39, 0.29) is 69.9 Å². The van der Waals surface area contributed by atoms with Gasteiger partial charge in [0.25, 0.3) is 0 Å². The molecule has 0 aromatic carbocycles. The van der Waals surface area contributed by atoms with Gasteiger partial charge in [-0.15, -0.1) is 0 Å². The second-order valence-electron chi connectivity index (χ2n) is 15.1. The average molecular weight is 844 g/mol. The molecule has 0 saturated heterocycles. The van der Waals surface area contributed by atoms with Crippen LogP contribution in [0.2, 0.25) is 0 Å². The van der Waals surface area contributed by atoms with E-state index in [1.807, 2.05) is 20.8 Å². The molecular formula is C36H66N4O18. The standard InChI is InChI=1S/C36H66N4O18/c1-36(2,3)13-29(50)38-14-23(44)12-21(19-57-4)35(56)37-8-10-58-9-7-22(43)11-20(34(55)40-16-25(46)31(52)33(54)27(48)18-42)5-6-28(49)39-15-24(45)30(51)32(53)26(47)17-41/h20-21,24-27,30-33,41-42,45-48,51-54H,5-19H2,1-4H3,(H,37,56)(H,38,50)(H,39,49)(H,40,55)/t20-,21?,24+,25+,26-,27-,30-,31-,32-,33-/m1/s1/i4D. The fourth-order valence-electron chi connectivity index (χ4n) is 5.17. The van der Waals surface area contributed by atoms with Gasteiger partial charge in [-0.3, -0.25) is 28.8 Å². The van der Waals surface area contributed by atoms with Gasteiger partial charge in [0.05, 0.1) is 59.1 Å². The number of ether oxygens (including phenoxy) is 2.